The van der Waals surface area contributed by atoms with Crippen molar-refractivity contribution in [2.75, 3.05) is 23.7 Å². The summed E-state index contributed by atoms with van der Waals surface area (Å²) in [6.45, 7) is 2.60. The summed E-state index contributed by atoms with van der Waals surface area (Å²) in [7, 11) is 0. The summed E-state index contributed by atoms with van der Waals surface area (Å²) >= 11 is 1.48. The van der Waals surface area contributed by atoms with Gasteiger partial charge in [0.05, 0.1) is 11.0 Å². The van der Waals surface area contributed by atoms with Crippen LogP contribution in [0.25, 0.3) is 0 Å². The normalized spacial score (nSPS) is 11.9. The number of nitro groups is 1. The Morgan fingerprint density at radius 2 is 2.33 bits per heavy atom. The van der Waals surface area contributed by atoms with Gasteiger partial charge >= 0.3 is 5.69 Å². The second-order valence-corrected chi connectivity index (χ2v) is 4.95. The molecule has 0 aliphatic rings. The zero-order valence-corrected chi connectivity index (χ0v) is 12.1. The van der Waals surface area contributed by atoms with Crippen molar-refractivity contribution in [1.82, 2.24) is 9.97 Å². The third-order valence-electron chi connectivity index (χ3n) is 2.69. The second kappa shape index (κ2) is 6.95. The molecule has 1 atom stereocenters. The third-order valence-corrected chi connectivity index (χ3v) is 3.39. The number of nitrogens with one attached hydrogen (secondary N) is 2. The van der Waals surface area contributed by atoms with E-state index in [1.807, 2.05) is 17.7 Å². The molecule has 0 saturated heterocycles. The SMILES string of the molecule is CCNc1ncc([N+](=O)[O-])c(NCC(O)c2ccsc2)n1. The third kappa shape index (κ3) is 3.86. The molecular weight excluding hydrogens is 294 g/mol. The number of aliphatic hydroxyl groups is 1. The van der Waals surface area contributed by atoms with Crippen LogP contribution in [0.5, 0.6) is 0 Å². The minimum absolute atomic E-state index is 0.0835. The summed E-state index contributed by atoms with van der Waals surface area (Å²) in [5, 5.41) is 30.3. The maximum absolute atomic E-state index is 11.0. The van der Waals surface area contributed by atoms with Crippen LogP contribution in [-0.2, 0) is 0 Å². The van der Waals surface area contributed by atoms with Crippen molar-refractivity contribution in [2.45, 2.75) is 13.0 Å². The van der Waals surface area contributed by atoms with Crippen molar-refractivity contribution in [3.63, 3.8) is 0 Å². The lowest BCUT2D eigenvalue weighted by Crippen LogP contribution is -2.15. The quantitative estimate of drug-likeness (QED) is 0.529. The first-order valence-corrected chi connectivity index (χ1v) is 7.25. The molecule has 21 heavy (non-hydrogen) atoms. The monoisotopic (exact) mass is 309 g/mol. The lowest BCUT2D eigenvalue weighted by atomic mass is 10.2. The Morgan fingerprint density at radius 1 is 1.52 bits per heavy atom. The van der Waals surface area contributed by atoms with Gasteiger partial charge in [0, 0.05) is 13.1 Å². The molecule has 2 rings (SSSR count). The average molecular weight is 309 g/mol. The van der Waals surface area contributed by atoms with Gasteiger partial charge in [-0.2, -0.15) is 16.3 Å². The number of aromatic nitrogens is 2. The van der Waals surface area contributed by atoms with Gasteiger partial charge in [-0.25, -0.2) is 4.98 Å². The molecule has 0 aliphatic heterocycles. The summed E-state index contributed by atoms with van der Waals surface area (Å²) in [6.07, 6.45) is 0.387. The zero-order chi connectivity index (χ0) is 15.2. The van der Waals surface area contributed by atoms with Crippen LogP contribution >= 0.6 is 11.3 Å². The van der Waals surface area contributed by atoms with E-state index in [2.05, 4.69) is 20.6 Å². The highest BCUT2D eigenvalue weighted by atomic mass is 32.1. The van der Waals surface area contributed by atoms with E-state index in [-0.39, 0.29) is 18.1 Å². The van der Waals surface area contributed by atoms with Crippen molar-refractivity contribution in [2.24, 2.45) is 0 Å². The van der Waals surface area contributed by atoms with Gasteiger partial charge in [0.2, 0.25) is 11.8 Å². The highest BCUT2D eigenvalue weighted by Gasteiger charge is 2.18. The van der Waals surface area contributed by atoms with Crippen molar-refractivity contribution < 1.29 is 10.0 Å². The molecule has 0 spiro atoms. The fourth-order valence-electron chi connectivity index (χ4n) is 1.66. The summed E-state index contributed by atoms with van der Waals surface area (Å²) in [4.78, 5) is 18.3. The minimum atomic E-state index is -0.756. The lowest BCUT2D eigenvalue weighted by Gasteiger charge is -2.11. The number of hydrogen-bond donors (Lipinski definition) is 3. The van der Waals surface area contributed by atoms with Gasteiger partial charge in [0.25, 0.3) is 0 Å². The van der Waals surface area contributed by atoms with Crippen LogP contribution in [-0.4, -0.2) is 33.1 Å². The Kier molecular flexibility index (Phi) is 5.01. The molecular formula is C12H15N5O3S. The maximum atomic E-state index is 11.0. The predicted molar refractivity (Wildman–Crippen MR) is 80.6 cm³/mol. The fraction of sp³-hybridized carbons (Fsp3) is 0.333. The number of anilines is 2. The van der Waals surface area contributed by atoms with E-state index in [1.54, 1.807) is 6.07 Å². The predicted octanol–water partition coefficient (Wildman–Crippen LogP) is 2.02. The van der Waals surface area contributed by atoms with Crippen molar-refractivity contribution in [3.05, 3.63) is 38.7 Å². The molecule has 0 aliphatic carbocycles. The standard InChI is InChI=1S/C12H15N5O3S/c1-2-13-12-15-5-9(17(19)20)11(16-12)14-6-10(18)8-3-4-21-7-8/h3-5,7,10,18H,2,6H2,1H3,(H2,13,14,15,16). The Balaban J connectivity index is 2.13. The van der Waals surface area contributed by atoms with Gasteiger partial charge in [0.15, 0.2) is 0 Å². The molecule has 0 radical (unpaired) electrons. The summed E-state index contributed by atoms with van der Waals surface area (Å²) < 4.78 is 0. The molecule has 2 aromatic heterocycles. The van der Waals surface area contributed by atoms with Crippen molar-refractivity contribution >= 4 is 28.8 Å². The van der Waals surface area contributed by atoms with E-state index in [0.717, 1.165) is 11.8 Å². The van der Waals surface area contributed by atoms with Crippen LogP contribution < -0.4 is 10.6 Å². The van der Waals surface area contributed by atoms with Crippen molar-refractivity contribution in [3.8, 4) is 0 Å². The number of thiophene rings is 1. The van der Waals surface area contributed by atoms with Crippen LogP contribution in [0.15, 0.2) is 23.0 Å². The first-order chi connectivity index (χ1) is 10.1. The minimum Gasteiger partial charge on any atom is -0.387 e. The number of aliphatic hydroxyl groups excluding tert-OH is 1. The first kappa shape index (κ1) is 15.1. The van der Waals surface area contributed by atoms with E-state index in [4.69, 9.17) is 0 Å². The molecule has 0 saturated carbocycles. The topological polar surface area (TPSA) is 113 Å². The van der Waals surface area contributed by atoms with Crippen LogP contribution in [0.1, 0.15) is 18.6 Å². The zero-order valence-electron chi connectivity index (χ0n) is 11.3. The summed E-state index contributed by atoms with van der Waals surface area (Å²) in [5.41, 5.74) is 0.533. The number of hydrogen-bond acceptors (Lipinski definition) is 8. The average Bonchev–Trinajstić information content (AvgIpc) is 2.99. The van der Waals surface area contributed by atoms with E-state index >= 15 is 0 Å². The summed E-state index contributed by atoms with van der Waals surface area (Å²) in [5.74, 6) is 0.385. The Hall–Kier alpha value is -2.26. The van der Waals surface area contributed by atoms with Gasteiger partial charge in [0.1, 0.15) is 6.20 Å². The molecule has 0 aromatic carbocycles. The van der Waals surface area contributed by atoms with Gasteiger partial charge in [-0.05, 0) is 29.3 Å². The van der Waals surface area contributed by atoms with Crippen molar-refractivity contribution in [1.29, 1.82) is 0 Å². The van der Waals surface area contributed by atoms with Crippen LogP contribution in [0, 0.1) is 10.1 Å². The van der Waals surface area contributed by atoms with E-state index in [1.165, 1.54) is 11.3 Å². The van der Waals surface area contributed by atoms with Crippen LogP contribution in [0.2, 0.25) is 0 Å². The van der Waals surface area contributed by atoms with Crippen LogP contribution in [0.3, 0.4) is 0 Å². The van der Waals surface area contributed by atoms with Crippen LogP contribution in [0.4, 0.5) is 17.5 Å². The maximum Gasteiger partial charge on any atom is 0.329 e. The molecule has 3 N–H and O–H groups in total. The largest absolute Gasteiger partial charge is 0.387 e. The molecule has 112 valence electrons. The first-order valence-electron chi connectivity index (χ1n) is 6.31. The number of nitrogens with zero attached hydrogens (tertiary/aromatic N) is 3. The Bertz CT molecular complexity index is 605. The fourth-order valence-corrected chi connectivity index (χ4v) is 2.37. The molecule has 2 heterocycles. The van der Waals surface area contributed by atoms with E-state index in [9.17, 15) is 15.2 Å². The Morgan fingerprint density at radius 3 is 2.95 bits per heavy atom. The molecule has 0 bridgehead atoms. The molecule has 1 unspecified atom stereocenters. The van der Waals surface area contributed by atoms with Gasteiger partial charge in [-0.1, -0.05) is 0 Å². The van der Waals surface area contributed by atoms with Gasteiger partial charge in [-0.15, -0.1) is 0 Å². The highest BCUT2D eigenvalue weighted by molar-refractivity contribution is 7.07. The van der Waals surface area contributed by atoms with E-state index < -0.39 is 11.0 Å². The number of rotatable bonds is 7. The lowest BCUT2D eigenvalue weighted by molar-refractivity contribution is -0.384. The van der Waals surface area contributed by atoms with Gasteiger partial charge in [-0.3, -0.25) is 10.1 Å². The summed E-state index contributed by atoms with van der Waals surface area (Å²) in [6, 6.07) is 1.80. The van der Waals surface area contributed by atoms with E-state index in [0.29, 0.717) is 12.5 Å². The molecule has 9 heteroatoms. The molecule has 8 nitrogen and oxygen atoms in total. The molecule has 2 aromatic rings. The van der Waals surface area contributed by atoms with Gasteiger partial charge < -0.3 is 15.7 Å². The second-order valence-electron chi connectivity index (χ2n) is 4.17. The highest BCUT2D eigenvalue weighted by Crippen LogP contribution is 2.23. The Labute approximate surface area is 125 Å². The smallest absolute Gasteiger partial charge is 0.329 e. The molecule has 0 fully saturated rings. The molecule has 0 amide bonds.